The molecule has 138 valence electrons. The van der Waals surface area contributed by atoms with Crippen molar-refractivity contribution in [2.45, 2.75) is 57.4 Å². The van der Waals surface area contributed by atoms with E-state index in [4.69, 9.17) is 0 Å². The smallest absolute Gasteiger partial charge is 0.243 e. The largest absolute Gasteiger partial charge is 0.358 e. The molecule has 0 aromatic carbocycles. The van der Waals surface area contributed by atoms with Crippen molar-refractivity contribution in [1.29, 1.82) is 0 Å². The van der Waals surface area contributed by atoms with E-state index in [9.17, 15) is 14.4 Å². The lowest BCUT2D eigenvalue weighted by Gasteiger charge is -2.56. The van der Waals surface area contributed by atoms with E-state index >= 15 is 0 Å². The van der Waals surface area contributed by atoms with Crippen molar-refractivity contribution in [1.82, 2.24) is 15.5 Å². The van der Waals surface area contributed by atoms with E-state index in [2.05, 4.69) is 10.6 Å². The topological polar surface area (TPSA) is 78.5 Å². The lowest BCUT2D eigenvalue weighted by Crippen LogP contribution is -2.57. The summed E-state index contributed by atoms with van der Waals surface area (Å²) in [5.74, 6) is 1.99. The predicted octanol–water partition coefficient (Wildman–Crippen LogP) is 1.06. The van der Waals surface area contributed by atoms with Crippen molar-refractivity contribution in [3.8, 4) is 0 Å². The number of likely N-dealkylation sites (N-methyl/N-ethyl adjacent to an activating group) is 1. The predicted molar refractivity (Wildman–Crippen MR) is 92.4 cm³/mol. The van der Waals surface area contributed by atoms with E-state index in [0.717, 1.165) is 43.4 Å². The highest BCUT2D eigenvalue weighted by molar-refractivity contribution is 5.92. The number of hydrogen-bond donors (Lipinski definition) is 2. The first kappa shape index (κ1) is 16.9. The van der Waals surface area contributed by atoms with Gasteiger partial charge in [0, 0.05) is 13.6 Å². The standard InChI is InChI=1S/C19H29N3O3/c1-20-16(23)11-21-17(24)15-3-2-4-22(15)18(25)19-8-12-5-13(9-19)7-14(6-12)10-19/h12-15H,2-11H2,1H3,(H,20,23)(H,21,24)/t12?,13?,14?,15-,19?/m0/s1. The summed E-state index contributed by atoms with van der Waals surface area (Å²) < 4.78 is 0. The third-order valence-electron chi connectivity index (χ3n) is 7.01. The fourth-order valence-electron chi connectivity index (χ4n) is 6.33. The molecular formula is C19H29N3O3. The van der Waals surface area contributed by atoms with Crippen LogP contribution in [0.1, 0.15) is 51.4 Å². The monoisotopic (exact) mass is 347 g/mol. The van der Waals surface area contributed by atoms with Crippen LogP contribution in [0.3, 0.4) is 0 Å². The van der Waals surface area contributed by atoms with E-state index in [1.807, 2.05) is 4.90 Å². The van der Waals surface area contributed by atoms with E-state index in [-0.39, 0.29) is 29.7 Å². The number of amides is 3. The highest BCUT2D eigenvalue weighted by Crippen LogP contribution is 2.60. The number of hydrogen-bond acceptors (Lipinski definition) is 3. The Morgan fingerprint density at radius 1 is 1.04 bits per heavy atom. The van der Waals surface area contributed by atoms with Gasteiger partial charge in [-0.2, -0.15) is 0 Å². The Kier molecular flexibility index (Phi) is 4.24. The van der Waals surface area contributed by atoms with Crippen LogP contribution < -0.4 is 10.6 Å². The molecule has 0 aromatic heterocycles. The summed E-state index contributed by atoms with van der Waals surface area (Å²) in [7, 11) is 1.55. The molecule has 3 amide bonds. The normalized spacial score (nSPS) is 38.7. The maximum Gasteiger partial charge on any atom is 0.243 e. The third kappa shape index (κ3) is 2.93. The zero-order valence-corrected chi connectivity index (χ0v) is 15.1. The molecule has 1 atom stereocenters. The van der Waals surface area contributed by atoms with Gasteiger partial charge in [-0.05, 0) is 69.1 Å². The first-order valence-corrected chi connectivity index (χ1v) is 9.80. The molecular weight excluding hydrogens is 318 g/mol. The minimum atomic E-state index is -0.398. The second-order valence-electron chi connectivity index (χ2n) is 8.75. The molecule has 4 bridgehead atoms. The number of rotatable bonds is 4. The third-order valence-corrected chi connectivity index (χ3v) is 7.01. The SMILES string of the molecule is CNC(=O)CNC(=O)[C@@H]1CCCN1C(=O)C12CC3CC(CC(C3)C1)C2. The van der Waals surface area contributed by atoms with E-state index in [1.165, 1.54) is 19.3 Å². The van der Waals surface area contributed by atoms with Crippen molar-refractivity contribution in [2.75, 3.05) is 20.1 Å². The quantitative estimate of drug-likeness (QED) is 0.798. The first-order valence-electron chi connectivity index (χ1n) is 9.80. The molecule has 1 aliphatic heterocycles. The second-order valence-corrected chi connectivity index (χ2v) is 8.75. The summed E-state index contributed by atoms with van der Waals surface area (Å²) in [6, 6.07) is -0.398. The van der Waals surface area contributed by atoms with Crippen LogP contribution >= 0.6 is 0 Å². The lowest BCUT2D eigenvalue weighted by molar-refractivity contribution is -0.160. The van der Waals surface area contributed by atoms with Crippen molar-refractivity contribution in [3.05, 3.63) is 0 Å². The zero-order valence-electron chi connectivity index (χ0n) is 15.1. The average molecular weight is 347 g/mol. The van der Waals surface area contributed by atoms with Crippen LogP contribution in [0.5, 0.6) is 0 Å². The van der Waals surface area contributed by atoms with Gasteiger partial charge in [0.25, 0.3) is 0 Å². The van der Waals surface area contributed by atoms with E-state index in [0.29, 0.717) is 13.0 Å². The lowest BCUT2D eigenvalue weighted by atomic mass is 9.49. The van der Waals surface area contributed by atoms with Crippen LogP contribution in [-0.4, -0.2) is 48.8 Å². The summed E-state index contributed by atoms with van der Waals surface area (Å²) >= 11 is 0. The molecule has 6 heteroatoms. The van der Waals surface area contributed by atoms with E-state index < -0.39 is 6.04 Å². The highest BCUT2D eigenvalue weighted by atomic mass is 16.2. The number of likely N-dealkylation sites (tertiary alicyclic amines) is 1. The molecule has 0 unspecified atom stereocenters. The molecule has 0 spiro atoms. The van der Waals surface area contributed by atoms with Crippen molar-refractivity contribution in [3.63, 3.8) is 0 Å². The first-order chi connectivity index (χ1) is 12.0. The molecule has 5 aliphatic rings. The van der Waals surface area contributed by atoms with Gasteiger partial charge in [0.05, 0.1) is 12.0 Å². The molecule has 2 N–H and O–H groups in total. The number of nitrogens with one attached hydrogen (secondary N) is 2. The average Bonchev–Trinajstić information content (AvgIpc) is 3.07. The van der Waals surface area contributed by atoms with Gasteiger partial charge in [-0.3, -0.25) is 14.4 Å². The van der Waals surface area contributed by atoms with Crippen LogP contribution in [0, 0.1) is 23.2 Å². The molecule has 25 heavy (non-hydrogen) atoms. The summed E-state index contributed by atoms with van der Waals surface area (Å²) in [6.45, 7) is 0.657. The Balaban J connectivity index is 1.46. The van der Waals surface area contributed by atoms with Gasteiger partial charge in [0.15, 0.2) is 0 Å². The Bertz CT molecular complexity index is 553. The van der Waals surface area contributed by atoms with Gasteiger partial charge in [-0.1, -0.05) is 0 Å². The maximum atomic E-state index is 13.5. The molecule has 1 saturated heterocycles. The Morgan fingerprint density at radius 2 is 1.64 bits per heavy atom. The van der Waals surface area contributed by atoms with Crippen LogP contribution in [0.15, 0.2) is 0 Å². The van der Waals surface area contributed by atoms with Crippen LogP contribution in [0.4, 0.5) is 0 Å². The van der Waals surface area contributed by atoms with Gasteiger partial charge in [0.1, 0.15) is 6.04 Å². The van der Waals surface area contributed by atoms with Gasteiger partial charge in [-0.25, -0.2) is 0 Å². The van der Waals surface area contributed by atoms with Crippen molar-refractivity contribution >= 4 is 17.7 Å². The molecule has 4 saturated carbocycles. The number of nitrogens with zero attached hydrogens (tertiary/aromatic N) is 1. The fourth-order valence-corrected chi connectivity index (χ4v) is 6.33. The summed E-state index contributed by atoms with van der Waals surface area (Å²) in [6.07, 6.45) is 8.59. The molecule has 6 nitrogen and oxygen atoms in total. The van der Waals surface area contributed by atoms with Gasteiger partial charge >= 0.3 is 0 Å². The summed E-state index contributed by atoms with van der Waals surface area (Å²) in [4.78, 5) is 39.2. The highest BCUT2D eigenvalue weighted by Gasteiger charge is 2.56. The number of carbonyl (C=O) groups excluding carboxylic acids is 3. The molecule has 1 heterocycles. The maximum absolute atomic E-state index is 13.5. The Hall–Kier alpha value is -1.59. The molecule has 5 rings (SSSR count). The van der Waals surface area contributed by atoms with Crippen molar-refractivity contribution in [2.24, 2.45) is 23.2 Å². The second kappa shape index (κ2) is 6.29. The van der Waals surface area contributed by atoms with Crippen molar-refractivity contribution < 1.29 is 14.4 Å². The minimum Gasteiger partial charge on any atom is -0.358 e. The molecule has 5 fully saturated rings. The zero-order chi connectivity index (χ0) is 17.6. The fraction of sp³-hybridized carbons (Fsp3) is 0.842. The number of carbonyl (C=O) groups is 3. The Morgan fingerprint density at radius 3 is 2.20 bits per heavy atom. The van der Waals surface area contributed by atoms with Gasteiger partial charge < -0.3 is 15.5 Å². The molecule has 4 aliphatic carbocycles. The van der Waals surface area contributed by atoms with Crippen LogP contribution in [-0.2, 0) is 14.4 Å². The van der Waals surface area contributed by atoms with Crippen LogP contribution in [0.2, 0.25) is 0 Å². The molecule has 0 aromatic rings. The Labute approximate surface area is 149 Å². The minimum absolute atomic E-state index is 0.0226. The van der Waals surface area contributed by atoms with Gasteiger partial charge in [-0.15, -0.1) is 0 Å². The van der Waals surface area contributed by atoms with Gasteiger partial charge in [0.2, 0.25) is 17.7 Å². The van der Waals surface area contributed by atoms with E-state index in [1.54, 1.807) is 7.05 Å². The summed E-state index contributed by atoms with van der Waals surface area (Å²) in [5, 5.41) is 5.19. The molecule has 0 radical (unpaired) electrons. The summed E-state index contributed by atoms with van der Waals surface area (Å²) in [5.41, 5.74) is -0.196. The van der Waals surface area contributed by atoms with Crippen LogP contribution in [0.25, 0.3) is 0 Å².